The number of aromatic nitrogens is 1. The zero-order valence-electron chi connectivity index (χ0n) is 7.29. The lowest BCUT2D eigenvalue weighted by Gasteiger charge is -2.01. The maximum atomic E-state index is 10.6. The first-order valence-electron chi connectivity index (χ1n) is 4.29. The predicted molar refractivity (Wildman–Crippen MR) is 56.6 cm³/mol. The van der Waals surface area contributed by atoms with Crippen LogP contribution in [-0.4, -0.2) is 11.3 Å². The number of rotatable bonds is 3. The van der Waals surface area contributed by atoms with E-state index in [4.69, 9.17) is 0 Å². The molecule has 0 saturated heterocycles. The van der Waals surface area contributed by atoms with Crippen LogP contribution in [0.15, 0.2) is 0 Å². The Hall–Kier alpha value is -0.220. The summed E-state index contributed by atoms with van der Waals surface area (Å²) in [5.41, 5.74) is 0.861. The second-order valence-electron chi connectivity index (χ2n) is 3.36. The summed E-state index contributed by atoms with van der Waals surface area (Å²) in [5, 5.41) is 1.06. The molecule has 0 amide bonds. The molecular weight excluding hydrogens is 250 g/mol. The lowest BCUT2D eigenvalue weighted by Crippen LogP contribution is -1.90. The summed E-state index contributed by atoms with van der Waals surface area (Å²) in [5.74, 6) is 0.741. The van der Waals surface area contributed by atoms with Crippen molar-refractivity contribution in [2.75, 3.05) is 0 Å². The minimum Gasteiger partial charge on any atom is -0.297 e. The summed E-state index contributed by atoms with van der Waals surface area (Å²) in [6.07, 6.45) is 3.46. The average Bonchev–Trinajstić information content (AvgIpc) is 2.89. The van der Waals surface area contributed by atoms with Crippen LogP contribution in [0.1, 0.15) is 38.0 Å². The van der Waals surface area contributed by atoms with Crippen molar-refractivity contribution in [3.8, 4) is 0 Å². The van der Waals surface area contributed by atoms with Gasteiger partial charge < -0.3 is 0 Å². The van der Waals surface area contributed by atoms with Gasteiger partial charge in [-0.1, -0.05) is 15.9 Å². The highest BCUT2D eigenvalue weighted by Gasteiger charge is 2.32. The molecule has 0 aromatic carbocycles. The van der Waals surface area contributed by atoms with Gasteiger partial charge in [0.1, 0.15) is 5.01 Å². The Kier molecular flexibility index (Phi) is 2.51. The Morgan fingerprint density at radius 2 is 2.38 bits per heavy atom. The lowest BCUT2D eigenvalue weighted by atomic mass is 10.3. The van der Waals surface area contributed by atoms with E-state index < -0.39 is 0 Å². The molecule has 70 valence electrons. The van der Waals surface area contributed by atoms with Crippen LogP contribution in [-0.2, 0) is 0 Å². The largest absolute Gasteiger partial charge is 0.297 e. The standard InChI is InChI=1S/C9H10BrNOS/c1-5-7(4-12)13-9(11-5)8(10)6-2-3-6/h4,6,8H,2-3H2,1H3. The van der Waals surface area contributed by atoms with E-state index >= 15 is 0 Å². The van der Waals surface area contributed by atoms with E-state index in [1.807, 2.05) is 6.92 Å². The SMILES string of the molecule is Cc1nc(C(Br)C2CC2)sc1C=O. The van der Waals surface area contributed by atoms with Crippen molar-refractivity contribution >= 4 is 33.6 Å². The maximum absolute atomic E-state index is 10.6. The van der Waals surface area contributed by atoms with E-state index in [0.29, 0.717) is 4.83 Å². The summed E-state index contributed by atoms with van der Waals surface area (Å²) in [4.78, 5) is 16.1. The Balaban J connectivity index is 2.24. The third-order valence-corrected chi connectivity index (χ3v) is 4.88. The van der Waals surface area contributed by atoms with Crippen molar-refractivity contribution in [1.29, 1.82) is 0 Å². The van der Waals surface area contributed by atoms with Gasteiger partial charge in [0.15, 0.2) is 6.29 Å². The number of aryl methyl sites for hydroxylation is 1. The molecule has 0 aliphatic heterocycles. The Bertz CT molecular complexity index is 332. The van der Waals surface area contributed by atoms with Crippen LogP contribution in [0.4, 0.5) is 0 Å². The molecule has 0 radical (unpaired) electrons. The van der Waals surface area contributed by atoms with Crippen LogP contribution in [0, 0.1) is 12.8 Å². The lowest BCUT2D eigenvalue weighted by molar-refractivity contribution is 0.112. The van der Waals surface area contributed by atoms with Gasteiger partial charge in [-0.25, -0.2) is 4.98 Å². The van der Waals surface area contributed by atoms with Gasteiger partial charge in [0.25, 0.3) is 0 Å². The summed E-state index contributed by atoms with van der Waals surface area (Å²) >= 11 is 5.13. The summed E-state index contributed by atoms with van der Waals surface area (Å²) in [6, 6.07) is 0. The number of aldehydes is 1. The van der Waals surface area contributed by atoms with Crippen LogP contribution in [0.2, 0.25) is 0 Å². The smallest absolute Gasteiger partial charge is 0.161 e. The van der Waals surface area contributed by atoms with Crippen molar-refractivity contribution in [3.05, 3.63) is 15.6 Å². The highest BCUT2D eigenvalue weighted by molar-refractivity contribution is 9.09. The van der Waals surface area contributed by atoms with Gasteiger partial charge in [-0.2, -0.15) is 0 Å². The number of carbonyl (C=O) groups excluding carboxylic acids is 1. The predicted octanol–water partition coefficient (Wildman–Crippen LogP) is 3.11. The van der Waals surface area contributed by atoms with E-state index in [9.17, 15) is 4.79 Å². The third kappa shape index (κ3) is 1.83. The number of hydrogen-bond donors (Lipinski definition) is 0. The molecule has 1 aliphatic rings. The van der Waals surface area contributed by atoms with Crippen LogP contribution < -0.4 is 0 Å². The van der Waals surface area contributed by atoms with Gasteiger partial charge >= 0.3 is 0 Å². The fourth-order valence-electron chi connectivity index (χ4n) is 1.25. The van der Waals surface area contributed by atoms with Crippen molar-refractivity contribution in [1.82, 2.24) is 4.98 Å². The van der Waals surface area contributed by atoms with E-state index in [0.717, 1.165) is 27.8 Å². The molecular formula is C9H10BrNOS. The molecule has 0 N–H and O–H groups in total. The molecule has 1 aromatic rings. The van der Waals surface area contributed by atoms with Gasteiger partial charge in [0.2, 0.25) is 0 Å². The number of halogens is 1. The normalized spacial score (nSPS) is 18.6. The number of nitrogens with zero attached hydrogens (tertiary/aromatic N) is 1. The number of thiazole rings is 1. The van der Waals surface area contributed by atoms with E-state index in [1.54, 1.807) is 0 Å². The second-order valence-corrected chi connectivity index (χ2v) is 5.41. The van der Waals surface area contributed by atoms with Crippen LogP contribution >= 0.6 is 27.3 Å². The van der Waals surface area contributed by atoms with Crippen LogP contribution in [0.3, 0.4) is 0 Å². The average molecular weight is 260 g/mol. The van der Waals surface area contributed by atoms with Crippen molar-refractivity contribution in [3.63, 3.8) is 0 Å². The first kappa shape index (κ1) is 9.34. The molecule has 1 aromatic heterocycles. The number of alkyl halides is 1. The molecule has 13 heavy (non-hydrogen) atoms. The van der Waals surface area contributed by atoms with Gasteiger partial charge in [-0.15, -0.1) is 11.3 Å². The Morgan fingerprint density at radius 1 is 1.69 bits per heavy atom. The quantitative estimate of drug-likeness (QED) is 0.617. The Labute approximate surface area is 89.5 Å². The van der Waals surface area contributed by atoms with Crippen molar-refractivity contribution in [2.45, 2.75) is 24.6 Å². The number of carbonyl (C=O) groups is 1. The third-order valence-electron chi connectivity index (χ3n) is 2.23. The van der Waals surface area contributed by atoms with Gasteiger partial charge in [0, 0.05) is 0 Å². The Morgan fingerprint density at radius 3 is 2.85 bits per heavy atom. The molecule has 2 nitrogen and oxygen atoms in total. The topological polar surface area (TPSA) is 30.0 Å². The molecule has 1 fully saturated rings. The highest BCUT2D eigenvalue weighted by Crippen LogP contribution is 2.47. The zero-order chi connectivity index (χ0) is 9.42. The molecule has 1 saturated carbocycles. The fourth-order valence-corrected chi connectivity index (χ4v) is 3.11. The first-order valence-corrected chi connectivity index (χ1v) is 6.02. The molecule has 0 bridgehead atoms. The van der Waals surface area contributed by atoms with Crippen molar-refractivity contribution < 1.29 is 4.79 Å². The molecule has 1 aliphatic carbocycles. The van der Waals surface area contributed by atoms with E-state index in [1.165, 1.54) is 24.2 Å². The van der Waals surface area contributed by atoms with Crippen LogP contribution in [0.5, 0.6) is 0 Å². The second kappa shape index (κ2) is 3.50. The molecule has 2 rings (SSSR count). The molecule has 0 spiro atoms. The van der Waals surface area contributed by atoms with Gasteiger partial charge in [-0.05, 0) is 25.7 Å². The summed E-state index contributed by atoms with van der Waals surface area (Å²) in [6.45, 7) is 1.89. The monoisotopic (exact) mass is 259 g/mol. The molecule has 1 atom stereocenters. The number of hydrogen-bond acceptors (Lipinski definition) is 3. The fraction of sp³-hybridized carbons (Fsp3) is 0.556. The summed E-state index contributed by atoms with van der Waals surface area (Å²) in [7, 11) is 0. The minimum atomic E-state index is 0.366. The molecule has 4 heteroatoms. The summed E-state index contributed by atoms with van der Waals surface area (Å²) < 4.78 is 0. The minimum absolute atomic E-state index is 0.366. The van der Waals surface area contributed by atoms with Gasteiger partial charge in [0.05, 0.1) is 15.4 Å². The van der Waals surface area contributed by atoms with Crippen molar-refractivity contribution in [2.24, 2.45) is 5.92 Å². The van der Waals surface area contributed by atoms with E-state index in [-0.39, 0.29) is 0 Å². The van der Waals surface area contributed by atoms with Crippen LogP contribution in [0.25, 0.3) is 0 Å². The van der Waals surface area contributed by atoms with Gasteiger partial charge in [-0.3, -0.25) is 4.79 Å². The molecule has 1 heterocycles. The molecule has 1 unspecified atom stereocenters. The maximum Gasteiger partial charge on any atom is 0.161 e. The van der Waals surface area contributed by atoms with E-state index in [2.05, 4.69) is 20.9 Å². The first-order chi connectivity index (χ1) is 6.22. The highest BCUT2D eigenvalue weighted by atomic mass is 79.9. The zero-order valence-corrected chi connectivity index (χ0v) is 9.69.